The molecule has 0 aliphatic heterocycles. The highest BCUT2D eigenvalue weighted by molar-refractivity contribution is 5.90. The van der Waals surface area contributed by atoms with Crippen LogP contribution in [0.25, 0.3) is 0 Å². The Morgan fingerprint density at radius 2 is 2.00 bits per heavy atom. The number of nitrogens with zero attached hydrogens (tertiary/aromatic N) is 1. The fraction of sp³-hybridized carbons (Fsp3) is 0.455. The summed E-state index contributed by atoms with van der Waals surface area (Å²) >= 11 is 0. The highest BCUT2D eigenvalue weighted by atomic mass is 19.4. The van der Waals surface area contributed by atoms with Crippen molar-refractivity contribution in [2.75, 3.05) is 13.7 Å². The maximum Gasteiger partial charge on any atom is 0.573 e. The molecule has 0 amide bonds. The molecule has 0 aliphatic carbocycles. The first-order chi connectivity index (χ1) is 9.71. The van der Waals surface area contributed by atoms with E-state index in [0.29, 0.717) is 6.20 Å². The molecule has 0 aliphatic rings. The van der Waals surface area contributed by atoms with Crippen LogP contribution in [0.3, 0.4) is 0 Å². The summed E-state index contributed by atoms with van der Waals surface area (Å²) in [6, 6.07) is 0. The lowest BCUT2D eigenvalue weighted by Gasteiger charge is -2.17. The Morgan fingerprint density at radius 3 is 2.43 bits per heavy atom. The monoisotopic (exact) mass is 315 g/mol. The molecule has 0 atom stereocenters. The number of pyridine rings is 1. The van der Waals surface area contributed by atoms with Crippen molar-refractivity contribution in [1.82, 2.24) is 4.98 Å². The summed E-state index contributed by atoms with van der Waals surface area (Å²) in [7, 11) is 0.944. The van der Waals surface area contributed by atoms with E-state index in [1.54, 1.807) is 0 Å². The van der Waals surface area contributed by atoms with Crippen molar-refractivity contribution in [2.24, 2.45) is 0 Å². The van der Waals surface area contributed by atoms with Crippen LogP contribution in [0.15, 0.2) is 6.20 Å². The molecule has 1 aromatic rings. The Labute approximate surface area is 115 Å². The zero-order valence-corrected chi connectivity index (χ0v) is 10.8. The predicted molar refractivity (Wildman–Crippen MR) is 58.4 cm³/mol. The molecule has 1 rings (SSSR count). The number of hydrogen-bond donors (Lipinski definition) is 0. The predicted octanol–water partition coefficient (Wildman–Crippen LogP) is 3.10. The fourth-order valence-electron chi connectivity index (χ4n) is 1.42. The van der Waals surface area contributed by atoms with E-state index in [1.807, 2.05) is 0 Å². The van der Waals surface area contributed by atoms with Crippen LogP contribution in [0.4, 0.5) is 22.0 Å². The summed E-state index contributed by atoms with van der Waals surface area (Å²) in [5.41, 5.74) is -2.31. The Morgan fingerprint density at radius 1 is 1.38 bits per heavy atom. The highest BCUT2D eigenvalue weighted by Crippen LogP contribution is 2.41. The topological polar surface area (TPSA) is 57.7 Å². The molecular formula is C11H10F5NO4. The van der Waals surface area contributed by atoms with Crippen LogP contribution in [-0.2, 0) is 4.74 Å². The molecule has 21 heavy (non-hydrogen) atoms. The van der Waals surface area contributed by atoms with E-state index in [2.05, 4.69) is 19.2 Å². The van der Waals surface area contributed by atoms with Crippen molar-refractivity contribution in [2.45, 2.75) is 19.7 Å². The minimum atomic E-state index is -5.25. The van der Waals surface area contributed by atoms with Crippen molar-refractivity contribution in [3.8, 4) is 11.5 Å². The third kappa shape index (κ3) is 4.17. The van der Waals surface area contributed by atoms with Crippen molar-refractivity contribution in [3.05, 3.63) is 17.5 Å². The van der Waals surface area contributed by atoms with Crippen LogP contribution in [0, 0.1) is 0 Å². The smallest absolute Gasteiger partial charge is 0.491 e. The van der Waals surface area contributed by atoms with Gasteiger partial charge >= 0.3 is 12.3 Å². The van der Waals surface area contributed by atoms with Crippen LogP contribution in [0.5, 0.6) is 11.5 Å². The molecule has 0 N–H and O–H groups in total. The minimum Gasteiger partial charge on any atom is -0.491 e. The largest absolute Gasteiger partial charge is 0.573 e. The lowest BCUT2D eigenvalue weighted by atomic mass is 10.1. The number of ether oxygens (including phenoxy) is 3. The lowest BCUT2D eigenvalue weighted by Crippen LogP contribution is -2.21. The fourth-order valence-corrected chi connectivity index (χ4v) is 1.42. The Hall–Kier alpha value is -2.13. The normalized spacial score (nSPS) is 11.4. The molecule has 0 saturated heterocycles. The number of alkyl halides is 5. The molecule has 0 aromatic carbocycles. The number of carbonyl (C=O) groups excluding carboxylic acids is 1. The second-order valence-electron chi connectivity index (χ2n) is 3.49. The average Bonchev–Trinajstić information content (AvgIpc) is 2.36. The van der Waals surface area contributed by atoms with E-state index in [4.69, 9.17) is 0 Å². The number of rotatable bonds is 5. The molecular weight excluding hydrogens is 305 g/mol. The van der Waals surface area contributed by atoms with Crippen LogP contribution in [0.1, 0.15) is 29.4 Å². The second-order valence-corrected chi connectivity index (χ2v) is 3.49. The van der Waals surface area contributed by atoms with Gasteiger partial charge in [-0.1, -0.05) is 0 Å². The van der Waals surface area contributed by atoms with Crippen molar-refractivity contribution >= 4 is 5.97 Å². The summed E-state index contributed by atoms with van der Waals surface area (Å²) in [5, 5.41) is 0. The Bertz CT molecular complexity index is 518. The molecule has 118 valence electrons. The summed E-state index contributed by atoms with van der Waals surface area (Å²) < 4.78 is 75.5. The van der Waals surface area contributed by atoms with E-state index >= 15 is 0 Å². The van der Waals surface area contributed by atoms with Gasteiger partial charge in [0.15, 0.2) is 17.2 Å². The van der Waals surface area contributed by atoms with Gasteiger partial charge in [-0.15, -0.1) is 13.2 Å². The van der Waals surface area contributed by atoms with E-state index in [9.17, 15) is 26.7 Å². The second kappa shape index (κ2) is 6.55. The zero-order chi connectivity index (χ0) is 16.2. The molecule has 5 nitrogen and oxygen atoms in total. The van der Waals surface area contributed by atoms with Crippen LogP contribution in [0.2, 0.25) is 0 Å². The number of hydrogen-bond acceptors (Lipinski definition) is 5. The molecule has 10 heteroatoms. The maximum absolute atomic E-state index is 13.0. The van der Waals surface area contributed by atoms with Crippen molar-refractivity contribution < 1.29 is 41.0 Å². The zero-order valence-electron chi connectivity index (χ0n) is 10.8. The first-order valence-corrected chi connectivity index (χ1v) is 5.49. The highest BCUT2D eigenvalue weighted by Gasteiger charge is 2.37. The van der Waals surface area contributed by atoms with E-state index in [-0.39, 0.29) is 6.61 Å². The van der Waals surface area contributed by atoms with Gasteiger partial charge in [-0.05, 0) is 6.92 Å². The first-order valence-electron chi connectivity index (χ1n) is 5.49. The SMILES string of the molecule is CCOC(=O)c1ncc(OC)c(OC(F)(F)F)c1C(F)F. The number of methoxy groups -OCH3 is 1. The molecule has 0 fully saturated rings. The van der Waals surface area contributed by atoms with Crippen molar-refractivity contribution in [1.29, 1.82) is 0 Å². The number of halogens is 5. The van der Waals surface area contributed by atoms with Gasteiger partial charge in [-0.3, -0.25) is 0 Å². The maximum atomic E-state index is 13.0. The molecule has 0 spiro atoms. The van der Waals surface area contributed by atoms with Gasteiger partial charge in [0, 0.05) is 0 Å². The minimum absolute atomic E-state index is 0.162. The Kier molecular flexibility index (Phi) is 5.28. The summed E-state index contributed by atoms with van der Waals surface area (Å²) in [6.07, 6.45) is -8.03. The van der Waals surface area contributed by atoms with E-state index in [0.717, 1.165) is 7.11 Å². The average molecular weight is 315 g/mol. The van der Waals surface area contributed by atoms with Gasteiger partial charge in [0.2, 0.25) is 0 Å². The molecule has 0 unspecified atom stereocenters. The van der Waals surface area contributed by atoms with Crippen LogP contribution < -0.4 is 9.47 Å². The van der Waals surface area contributed by atoms with E-state index < -0.39 is 41.5 Å². The quantitative estimate of drug-likeness (QED) is 0.617. The molecule has 1 aromatic heterocycles. The molecule has 0 radical (unpaired) electrons. The molecule has 0 saturated carbocycles. The van der Waals surface area contributed by atoms with Gasteiger partial charge in [0.05, 0.1) is 25.5 Å². The number of aromatic nitrogens is 1. The third-order valence-corrected chi connectivity index (χ3v) is 2.16. The van der Waals surface area contributed by atoms with Gasteiger partial charge in [0.25, 0.3) is 6.43 Å². The molecule has 1 heterocycles. The summed E-state index contributed by atoms with van der Waals surface area (Å²) in [4.78, 5) is 14.8. The first kappa shape index (κ1) is 16.9. The van der Waals surface area contributed by atoms with Gasteiger partial charge in [-0.25, -0.2) is 18.6 Å². The van der Waals surface area contributed by atoms with E-state index in [1.165, 1.54) is 6.92 Å². The van der Waals surface area contributed by atoms with Gasteiger partial charge in [-0.2, -0.15) is 0 Å². The van der Waals surface area contributed by atoms with Gasteiger partial charge in [0.1, 0.15) is 0 Å². The summed E-state index contributed by atoms with van der Waals surface area (Å²) in [5.74, 6) is -3.30. The third-order valence-electron chi connectivity index (χ3n) is 2.16. The lowest BCUT2D eigenvalue weighted by molar-refractivity contribution is -0.275. The van der Waals surface area contributed by atoms with Crippen molar-refractivity contribution in [3.63, 3.8) is 0 Å². The summed E-state index contributed by atoms with van der Waals surface area (Å²) in [6.45, 7) is 1.24. The Balaban J connectivity index is 3.48. The van der Waals surface area contributed by atoms with Gasteiger partial charge < -0.3 is 14.2 Å². The molecule has 0 bridgehead atoms. The van der Waals surface area contributed by atoms with Crippen LogP contribution in [-0.4, -0.2) is 31.0 Å². The van der Waals surface area contributed by atoms with Crippen LogP contribution >= 0.6 is 0 Å². The standard InChI is InChI=1S/C11H10F5NO4/c1-3-20-10(18)7-6(9(12)13)8(21-11(14,15)16)5(19-2)4-17-7/h4,9H,3H2,1-2H3. The number of carbonyl (C=O) groups is 1. The number of esters is 1.